The smallest absolute Gasteiger partial charge is 0.329 e. The van der Waals surface area contributed by atoms with Crippen LogP contribution in [0.2, 0.25) is 0 Å². The lowest BCUT2D eigenvalue weighted by Gasteiger charge is -2.25. The van der Waals surface area contributed by atoms with E-state index in [2.05, 4.69) is 5.10 Å². The molecule has 4 rings (SSSR count). The molecule has 0 bridgehead atoms. The van der Waals surface area contributed by atoms with E-state index in [0.717, 1.165) is 30.4 Å². The Morgan fingerprint density at radius 3 is 2.80 bits per heavy atom. The van der Waals surface area contributed by atoms with Crippen LogP contribution in [-0.2, 0) is 24.9 Å². The third-order valence-corrected chi connectivity index (χ3v) is 5.00. The SMILES string of the molecule is Cn1c(=O)n(CC(=O)N2CCC[C@H]2Cn2cccn2)c2ccccc21. The van der Waals surface area contributed by atoms with Gasteiger partial charge in [-0.2, -0.15) is 5.10 Å². The first-order valence-corrected chi connectivity index (χ1v) is 8.56. The number of rotatable bonds is 4. The van der Waals surface area contributed by atoms with Crippen molar-refractivity contribution >= 4 is 16.9 Å². The van der Waals surface area contributed by atoms with Crippen molar-refractivity contribution in [2.75, 3.05) is 6.54 Å². The number of aryl methyl sites for hydroxylation is 1. The molecule has 1 aliphatic rings. The lowest BCUT2D eigenvalue weighted by Crippen LogP contribution is -2.41. The summed E-state index contributed by atoms with van der Waals surface area (Å²) in [5.74, 6) is -0.00638. The molecule has 25 heavy (non-hydrogen) atoms. The maximum atomic E-state index is 12.9. The lowest BCUT2D eigenvalue weighted by atomic mass is 10.2. The van der Waals surface area contributed by atoms with E-state index in [9.17, 15) is 9.59 Å². The second-order valence-corrected chi connectivity index (χ2v) is 6.53. The van der Waals surface area contributed by atoms with Gasteiger partial charge in [0.2, 0.25) is 5.91 Å². The number of imidazole rings is 1. The predicted octanol–water partition coefficient (Wildman–Crippen LogP) is 1.23. The number of likely N-dealkylation sites (tertiary alicyclic amines) is 1. The molecular weight excluding hydrogens is 318 g/mol. The Morgan fingerprint density at radius 2 is 2.04 bits per heavy atom. The van der Waals surface area contributed by atoms with Crippen molar-refractivity contribution in [3.05, 3.63) is 53.2 Å². The summed E-state index contributed by atoms with van der Waals surface area (Å²) in [6.45, 7) is 1.52. The van der Waals surface area contributed by atoms with E-state index >= 15 is 0 Å². The van der Waals surface area contributed by atoms with Crippen LogP contribution in [0.5, 0.6) is 0 Å². The van der Waals surface area contributed by atoms with Gasteiger partial charge in [-0.25, -0.2) is 4.79 Å². The summed E-state index contributed by atoms with van der Waals surface area (Å²) in [7, 11) is 1.74. The van der Waals surface area contributed by atoms with Gasteiger partial charge in [-0.3, -0.25) is 18.6 Å². The summed E-state index contributed by atoms with van der Waals surface area (Å²) in [5, 5.41) is 4.24. The topological polar surface area (TPSA) is 65.1 Å². The first kappa shape index (κ1) is 15.7. The minimum atomic E-state index is -0.155. The van der Waals surface area contributed by atoms with Gasteiger partial charge in [0.15, 0.2) is 0 Å². The number of fused-ring (bicyclic) bond motifs is 1. The minimum absolute atomic E-state index is 0.00638. The molecule has 0 radical (unpaired) electrons. The van der Waals surface area contributed by atoms with E-state index in [-0.39, 0.29) is 24.2 Å². The highest BCUT2D eigenvalue weighted by Gasteiger charge is 2.29. The van der Waals surface area contributed by atoms with Gasteiger partial charge >= 0.3 is 5.69 Å². The van der Waals surface area contributed by atoms with Gasteiger partial charge in [0.1, 0.15) is 6.54 Å². The molecule has 1 aromatic carbocycles. The summed E-state index contributed by atoms with van der Waals surface area (Å²) in [6.07, 6.45) is 5.62. The molecule has 1 aliphatic heterocycles. The third-order valence-electron chi connectivity index (χ3n) is 5.00. The molecule has 1 amide bonds. The van der Waals surface area contributed by atoms with Crippen LogP contribution in [-0.4, -0.2) is 42.3 Å². The fourth-order valence-corrected chi connectivity index (χ4v) is 3.72. The quantitative estimate of drug-likeness (QED) is 0.718. The van der Waals surface area contributed by atoms with Gasteiger partial charge in [0.05, 0.1) is 23.6 Å². The summed E-state index contributed by atoms with van der Waals surface area (Å²) < 4.78 is 5.02. The number of benzene rings is 1. The van der Waals surface area contributed by atoms with E-state index in [1.165, 1.54) is 0 Å². The molecule has 0 saturated carbocycles. The molecule has 7 nitrogen and oxygen atoms in total. The molecule has 7 heteroatoms. The highest BCUT2D eigenvalue weighted by atomic mass is 16.2. The van der Waals surface area contributed by atoms with Gasteiger partial charge in [-0.15, -0.1) is 0 Å². The zero-order valence-electron chi connectivity index (χ0n) is 14.2. The van der Waals surface area contributed by atoms with Gasteiger partial charge in [0.25, 0.3) is 0 Å². The normalized spacial score (nSPS) is 17.5. The number of hydrogen-bond donors (Lipinski definition) is 0. The van der Waals surface area contributed by atoms with Gasteiger partial charge in [0, 0.05) is 26.0 Å². The van der Waals surface area contributed by atoms with E-state index in [4.69, 9.17) is 0 Å². The molecule has 0 N–H and O–H groups in total. The molecule has 3 heterocycles. The van der Waals surface area contributed by atoms with Crippen molar-refractivity contribution in [1.29, 1.82) is 0 Å². The van der Waals surface area contributed by atoms with Crippen LogP contribution in [0.3, 0.4) is 0 Å². The van der Waals surface area contributed by atoms with E-state index in [1.807, 2.05) is 46.1 Å². The summed E-state index contributed by atoms with van der Waals surface area (Å²) >= 11 is 0. The largest absolute Gasteiger partial charge is 0.336 e. The molecular formula is C18H21N5O2. The number of carbonyl (C=O) groups excluding carboxylic acids is 1. The maximum Gasteiger partial charge on any atom is 0.329 e. The van der Waals surface area contributed by atoms with Gasteiger partial charge in [-0.1, -0.05) is 12.1 Å². The number of hydrogen-bond acceptors (Lipinski definition) is 3. The highest BCUT2D eigenvalue weighted by molar-refractivity contribution is 5.81. The van der Waals surface area contributed by atoms with Crippen LogP contribution in [0, 0.1) is 0 Å². The van der Waals surface area contributed by atoms with Crippen LogP contribution in [0.15, 0.2) is 47.5 Å². The van der Waals surface area contributed by atoms with Gasteiger partial charge < -0.3 is 4.90 Å². The number of carbonyl (C=O) groups is 1. The Kier molecular flexibility index (Phi) is 3.91. The third kappa shape index (κ3) is 2.75. The maximum absolute atomic E-state index is 12.9. The molecule has 0 aliphatic carbocycles. The fraction of sp³-hybridized carbons (Fsp3) is 0.389. The Morgan fingerprint density at radius 1 is 1.24 bits per heavy atom. The molecule has 1 fully saturated rings. The molecule has 0 spiro atoms. The van der Waals surface area contributed by atoms with E-state index < -0.39 is 0 Å². The van der Waals surface area contributed by atoms with Crippen LogP contribution in [0.4, 0.5) is 0 Å². The Hall–Kier alpha value is -2.83. The first-order chi connectivity index (χ1) is 12.1. The number of amides is 1. The highest BCUT2D eigenvalue weighted by Crippen LogP contribution is 2.20. The average Bonchev–Trinajstić information content (AvgIpc) is 3.34. The average molecular weight is 339 g/mol. The lowest BCUT2D eigenvalue weighted by molar-refractivity contribution is -0.132. The molecule has 1 saturated heterocycles. The van der Waals surface area contributed by atoms with E-state index in [1.54, 1.807) is 22.4 Å². The van der Waals surface area contributed by atoms with Crippen molar-refractivity contribution in [2.45, 2.75) is 32.0 Å². The summed E-state index contributed by atoms with van der Waals surface area (Å²) in [6, 6.07) is 9.59. The van der Waals surface area contributed by atoms with Crippen LogP contribution >= 0.6 is 0 Å². The Balaban J connectivity index is 1.58. The monoisotopic (exact) mass is 339 g/mol. The predicted molar refractivity (Wildman–Crippen MR) is 94.1 cm³/mol. The van der Waals surface area contributed by atoms with Crippen molar-refractivity contribution in [3.63, 3.8) is 0 Å². The van der Waals surface area contributed by atoms with Crippen LogP contribution < -0.4 is 5.69 Å². The molecule has 3 aromatic rings. The molecule has 1 atom stereocenters. The molecule has 130 valence electrons. The van der Waals surface area contributed by atoms with Gasteiger partial charge in [-0.05, 0) is 31.0 Å². The number of nitrogens with zero attached hydrogens (tertiary/aromatic N) is 5. The van der Waals surface area contributed by atoms with Crippen molar-refractivity contribution < 1.29 is 4.79 Å². The summed E-state index contributed by atoms with van der Waals surface area (Å²) in [4.78, 5) is 27.3. The molecule has 0 unspecified atom stereocenters. The molecule has 2 aromatic heterocycles. The van der Waals surface area contributed by atoms with Crippen LogP contribution in [0.25, 0.3) is 11.0 Å². The van der Waals surface area contributed by atoms with Crippen LogP contribution in [0.1, 0.15) is 12.8 Å². The number of para-hydroxylation sites is 2. The summed E-state index contributed by atoms with van der Waals surface area (Å²) in [5.41, 5.74) is 1.48. The van der Waals surface area contributed by atoms with Crippen molar-refractivity contribution in [2.24, 2.45) is 7.05 Å². The van der Waals surface area contributed by atoms with Crippen molar-refractivity contribution in [1.82, 2.24) is 23.8 Å². The first-order valence-electron chi connectivity index (χ1n) is 8.56. The zero-order valence-corrected chi connectivity index (χ0v) is 14.2. The fourth-order valence-electron chi connectivity index (χ4n) is 3.72. The zero-order chi connectivity index (χ0) is 17.4. The van der Waals surface area contributed by atoms with Crippen molar-refractivity contribution in [3.8, 4) is 0 Å². The standard InChI is InChI=1S/C18H21N5O2/c1-20-15-7-2-3-8-16(15)23(18(20)25)13-17(24)22-11-4-6-14(22)12-21-10-5-9-19-21/h2-3,5,7-10,14H,4,6,11-13H2,1H3/t14-/m0/s1. The second kappa shape index (κ2) is 6.23. The minimum Gasteiger partial charge on any atom is -0.336 e. The Labute approximate surface area is 145 Å². The van der Waals surface area contributed by atoms with E-state index in [0.29, 0.717) is 6.54 Å². The second-order valence-electron chi connectivity index (χ2n) is 6.53. The Bertz CT molecular complexity index is 954. The number of aromatic nitrogens is 4.